The maximum atomic E-state index is 11.0. The molecule has 0 radical (unpaired) electrons. The summed E-state index contributed by atoms with van der Waals surface area (Å²) in [7, 11) is 1.13. The van der Waals surface area contributed by atoms with Crippen LogP contribution in [-0.4, -0.2) is 42.7 Å². The Bertz CT molecular complexity index is 272. The molecule has 0 amide bonds. The number of carbonyl (C=O) groups excluding carboxylic acids is 2. The smallest absolute Gasteiger partial charge is 0.387 e. The lowest BCUT2D eigenvalue weighted by molar-refractivity contribution is -0.247. The normalized spacial score (nSPS) is 10.9. The molecule has 0 aliphatic carbocycles. The molecule has 0 aromatic heterocycles. The zero-order valence-electron chi connectivity index (χ0n) is 8.13. The lowest BCUT2D eigenvalue weighted by atomic mass is 10.3. The van der Waals surface area contributed by atoms with Gasteiger partial charge in [0.2, 0.25) is 0 Å². The summed E-state index contributed by atoms with van der Waals surface area (Å²) < 4.78 is 0. The summed E-state index contributed by atoms with van der Waals surface area (Å²) in [5, 5.41) is 8.32. The van der Waals surface area contributed by atoms with Crippen LogP contribution in [0.1, 0.15) is 12.8 Å². The molecular formula is C8H11NO6. The Kier molecular flexibility index (Phi) is 6.73. The number of carboxylic acids is 1. The third-order valence-corrected chi connectivity index (χ3v) is 1.30. The Morgan fingerprint density at radius 1 is 1.47 bits per heavy atom. The van der Waals surface area contributed by atoms with Crippen molar-refractivity contribution in [3.63, 3.8) is 0 Å². The first-order valence-electron chi connectivity index (χ1n) is 4.05. The van der Waals surface area contributed by atoms with Crippen molar-refractivity contribution in [1.29, 1.82) is 0 Å². The molecule has 0 bridgehead atoms. The first kappa shape index (κ1) is 13.2. The molecule has 0 saturated heterocycles. The number of carbonyl (C=O) groups is 3. The summed E-state index contributed by atoms with van der Waals surface area (Å²) in [5.41, 5.74) is -0.159. The molecule has 0 fully saturated rings. The highest BCUT2D eigenvalue weighted by Crippen LogP contribution is 1.92. The Morgan fingerprint density at radius 2 is 2.13 bits per heavy atom. The van der Waals surface area contributed by atoms with Crippen molar-refractivity contribution in [2.75, 3.05) is 13.7 Å². The van der Waals surface area contributed by atoms with Gasteiger partial charge in [-0.2, -0.15) is 4.89 Å². The predicted octanol–water partition coefficient (Wildman–Crippen LogP) is -0.404. The summed E-state index contributed by atoms with van der Waals surface area (Å²) in [6.45, 7) is -0.0860. The van der Waals surface area contributed by atoms with E-state index in [1.54, 1.807) is 0 Å². The maximum Gasteiger partial charge on any atom is 0.387 e. The van der Waals surface area contributed by atoms with Gasteiger partial charge in [0.05, 0.1) is 26.5 Å². The fourth-order valence-electron chi connectivity index (χ4n) is 0.702. The summed E-state index contributed by atoms with van der Waals surface area (Å²) in [5.74, 6) is -1.93. The molecule has 0 aromatic rings. The molecule has 7 heteroatoms. The van der Waals surface area contributed by atoms with Crippen molar-refractivity contribution in [1.82, 2.24) is 0 Å². The van der Waals surface area contributed by atoms with Gasteiger partial charge in [0.15, 0.2) is 0 Å². The van der Waals surface area contributed by atoms with Crippen LogP contribution in [0.4, 0.5) is 0 Å². The third-order valence-electron chi connectivity index (χ3n) is 1.30. The van der Waals surface area contributed by atoms with E-state index in [1.165, 1.54) is 0 Å². The quantitative estimate of drug-likeness (QED) is 0.269. The zero-order chi connectivity index (χ0) is 11.7. The third kappa shape index (κ3) is 6.33. The Hall–Kier alpha value is -1.76. The van der Waals surface area contributed by atoms with Gasteiger partial charge in [-0.05, 0) is 0 Å². The van der Waals surface area contributed by atoms with Crippen LogP contribution in [0.3, 0.4) is 0 Å². The number of aliphatic carboxylic acids is 1. The van der Waals surface area contributed by atoms with Gasteiger partial charge in [-0.1, -0.05) is 0 Å². The second-order valence-corrected chi connectivity index (χ2v) is 2.38. The summed E-state index contributed by atoms with van der Waals surface area (Å²) >= 11 is 0. The number of nitrogens with zero attached hydrogens (tertiary/aromatic N) is 1. The second-order valence-electron chi connectivity index (χ2n) is 2.38. The first-order valence-corrected chi connectivity index (χ1v) is 4.05. The molecule has 15 heavy (non-hydrogen) atoms. The highest BCUT2D eigenvalue weighted by atomic mass is 17.2. The zero-order valence-corrected chi connectivity index (χ0v) is 8.13. The number of hydrogen-bond acceptors (Lipinski definition) is 6. The fraction of sp³-hybridized carbons (Fsp3) is 0.500. The highest BCUT2D eigenvalue weighted by Gasteiger charge is 2.13. The van der Waals surface area contributed by atoms with Crippen molar-refractivity contribution in [3.05, 3.63) is 0 Å². The van der Waals surface area contributed by atoms with Gasteiger partial charge in [-0.15, -0.1) is 0 Å². The van der Waals surface area contributed by atoms with Gasteiger partial charge in [0.25, 0.3) is 0 Å². The van der Waals surface area contributed by atoms with E-state index in [0.717, 1.165) is 7.11 Å². The molecule has 0 heterocycles. The molecule has 0 aliphatic rings. The van der Waals surface area contributed by atoms with Gasteiger partial charge < -0.3 is 9.90 Å². The topological polar surface area (TPSA) is 102 Å². The molecule has 0 unspecified atom stereocenters. The van der Waals surface area contributed by atoms with E-state index >= 15 is 0 Å². The van der Waals surface area contributed by atoms with E-state index in [2.05, 4.69) is 14.8 Å². The highest BCUT2D eigenvalue weighted by molar-refractivity contribution is 6.38. The largest absolute Gasteiger partial charge is 0.481 e. The molecule has 84 valence electrons. The number of aliphatic imine (C=N–C) groups is 1. The van der Waals surface area contributed by atoms with E-state index in [-0.39, 0.29) is 25.1 Å². The maximum absolute atomic E-state index is 11.0. The van der Waals surface area contributed by atoms with Crippen LogP contribution in [0, 0.1) is 0 Å². The van der Waals surface area contributed by atoms with Crippen LogP contribution in [-0.2, 0) is 24.2 Å². The number of rotatable bonds is 7. The van der Waals surface area contributed by atoms with Crippen LogP contribution in [0.5, 0.6) is 0 Å². The minimum absolute atomic E-state index is 0.0860. The number of hydrogen-bond donors (Lipinski definition) is 1. The van der Waals surface area contributed by atoms with Crippen LogP contribution in [0.25, 0.3) is 0 Å². The minimum Gasteiger partial charge on any atom is -0.481 e. The summed E-state index contributed by atoms with van der Waals surface area (Å²) in [6.07, 6.45) is 0.0148. The fourth-order valence-corrected chi connectivity index (χ4v) is 0.702. The SMILES string of the molecule is COOC(=O)C(CC=O)=NCCC(=O)O. The van der Waals surface area contributed by atoms with E-state index in [1.807, 2.05) is 0 Å². The monoisotopic (exact) mass is 217 g/mol. The average molecular weight is 217 g/mol. The standard InChI is InChI=1S/C8H11NO6/c1-14-15-8(13)6(3-5-10)9-4-2-7(11)12/h5H,2-4H2,1H3,(H,11,12). The van der Waals surface area contributed by atoms with Gasteiger partial charge in [0.1, 0.15) is 12.0 Å². The van der Waals surface area contributed by atoms with E-state index in [9.17, 15) is 14.4 Å². The molecule has 7 nitrogen and oxygen atoms in total. The van der Waals surface area contributed by atoms with Crippen molar-refractivity contribution in [2.45, 2.75) is 12.8 Å². The van der Waals surface area contributed by atoms with E-state index < -0.39 is 11.9 Å². The molecule has 0 saturated carbocycles. The van der Waals surface area contributed by atoms with Crippen LogP contribution in [0.2, 0.25) is 0 Å². The molecule has 0 atom stereocenters. The van der Waals surface area contributed by atoms with Crippen molar-refractivity contribution < 1.29 is 29.3 Å². The van der Waals surface area contributed by atoms with Gasteiger partial charge in [-0.25, -0.2) is 4.79 Å². The lowest BCUT2D eigenvalue weighted by Gasteiger charge is -2.00. The number of carboxylic acid groups (broad SMARTS) is 1. The Morgan fingerprint density at radius 3 is 2.60 bits per heavy atom. The summed E-state index contributed by atoms with van der Waals surface area (Å²) in [4.78, 5) is 43.2. The van der Waals surface area contributed by atoms with Crippen LogP contribution < -0.4 is 0 Å². The van der Waals surface area contributed by atoms with Crippen LogP contribution >= 0.6 is 0 Å². The van der Waals surface area contributed by atoms with Crippen LogP contribution in [0.15, 0.2) is 4.99 Å². The van der Waals surface area contributed by atoms with Crippen molar-refractivity contribution in [2.24, 2.45) is 4.99 Å². The summed E-state index contributed by atoms with van der Waals surface area (Å²) in [6, 6.07) is 0. The second kappa shape index (κ2) is 7.63. The van der Waals surface area contributed by atoms with E-state index in [0.29, 0.717) is 6.29 Å². The molecule has 0 aliphatic heterocycles. The average Bonchev–Trinajstić information content (AvgIpc) is 2.16. The first-order chi connectivity index (χ1) is 7.11. The van der Waals surface area contributed by atoms with Gasteiger partial charge in [-0.3, -0.25) is 14.7 Å². The molecule has 0 rings (SSSR count). The van der Waals surface area contributed by atoms with E-state index in [4.69, 9.17) is 5.11 Å². The van der Waals surface area contributed by atoms with Crippen molar-refractivity contribution >= 4 is 23.9 Å². The Balaban J connectivity index is 4.29. The molecule has 0 aromatic carbocycles. The molecule has 1 N–H and O–H groups in total. The molecular weight excluding hydrogens is 206 g/mol. The Labute approximate surface area is 85.6 Å². The van der Waals surface area contributed by atoms with Crippen molar-refractivity contribution in [3.8, 4) is 0 Å². The molecule has 0 spiro atoms. The minimum atomic E-state index is -1.04. The van der Waals surface area contributed by atoms with Gasteiger partial charge in [0, 0.05) is 0 Å². The number of aldehydes is 1. The lowest BCUT2D eigenvalue weighted by Crippen LogP contribution is -2.18. The van der Waals surface area contributed by atoms with Gasteiger partial charge >= 0.3 is 11.9 Å². The predicted molar refractivity (Wildman–Crippen MR) is 48.3 cm³/mol.